The molecule has 2 rings (SSSR count). The number of ether oxygens (including phenoxy) is 2. The minimum atomic E-state index is -0.856. The van der Waals surface area contributed by atoms with E-state index in [4.69, 9.17) is 26.3 Å². The number of nitriles is 1. The van der Waals surface area contributed by atoms with Gasteiger partial charge in [-0.3, -0.25) is 10.1 Å². The number of rotatable bonds is 5. The average molecular weight is 347 g/mol. The summed E-state index contributed by atoms with van der Waals surface area (Å²) in [6.07, 6.45) is -0.856. The van der Waals surface area contributed by atoms with E-state index in [0.717, 1.165) is 0 Å². The lowest BCUT2D eigenvalue weighted by atomic mass is 10.2. The summed E-state index contributed by atoms with van der Waals surface area (Å²) in [7, 11) is 0. The molecule has 1 atom stereocenters. The molecule has 0 saturated heterocycles. The lowest BCUT2D eigenvalue weighted by molar-refractivity contribution is -0.385. The van der Waals surface area contributed by atoms with Crippen LogP contribution in [0, 0.1) is 21.4 Å². The molecule has 7 nitrogen and oxygen atoms in total. The highest BCUT2D eigenvalue weighted by Crippen LogP contribution is 2.33. The lowest BCUT2D eigenvalue weighted by Gasteiger charge is -2.08. The van der Waals surface area contributed by atoms with Gasteiger partial charge in [-0.25, -0.2) is 4.79 Å². The van der Waals surface area contributed by atoms with Crippen molar-refractivity contribution >= 4 is 23.3 Å². The van der Waals surface area contributed by atoms with E-state index in [9.17, 15) is 14.9 Å². The van der Waals surface area contributed by atoms with Crippen LogP contribution in [-0.4, -0.2) is 17.0 Å². The van der Waals surface area contributed by atoms with Crippen LogP contribution in [0.15, 0.2) is 42.5 Å². The van der Waals surface area contributed by atoms with Crippen molar-refractivity contribution in [3.63, 3.8) is 0 Å². The molecule has 0 heterocycles. The highest BCUT2D eigenvalue weighted by molar-refractivity contribution is 6.30. The second kappa shape index (κ2) is 7.44. The molecule has 0 aromatic heterocycles. The number of carbonyl (C=O) groups excluding carboxylic acids is 1. The number of halogens is 1. The van der Waals surface area contributed by atoms with Gasteiger partial charge in [0, 0.05) is 11.1 Å². The van der Waals surface area contributed by atoms with Crippen molar-refractivity contribution in [2.45, 2.75) is 13.0 Å². The minimum Gasteiger partial charge on any atom is -0.450 e. The molecule has 24 heavy (non-hydrogen) atoms. The first kappa shape index (κ1) is 17.2. The van der Waals surface area contributed by atoms with Crippen LogP contribution >= 0.6 is 11.6 Å². The summed E-state index contributed by atoms with van der Waals surface area (Å²) in [5, 5.41) is 19.9. The fourth-order valence-corrected chi connectivity index (χ4v) is 1.93. The summed E-state index contributed by atoms with van der Waals surface area (Å²) in [5.41, 5.74) is -0.0381. The average Bonchev–Trinajstić information content (AvgIpc) is 2.56. The normalized spacial score (nSPS) is 11.2. The zero-order valence-electron chi connectivity index (χ0n) is 12.4. The third-order valence-corrected chi connectivity index (χ3v) is 3.14. The van der Waals surface area contributed by atoms with Gasteiger partial charge in [0.1, 0.15) is 11.8 Å². The number of hydrogen-bond donors (Lipinski definition) is 0. The van der Waals surface area contributed by atoms with Crippen LogP contribution in [-0.2, 0) is 4.74 Å². The quantitative estimate of drug-likeness (QED) is 0.458. The number of esters is 1. The van der Waals surface area contributed by atoms with Gasteiger partial charge in [-0.15, -0.1) is 0 Å². The molecule has 0 aliphatic heterocycles. The molecule has 122 valence electrons. The van der Waals surface area contributed by atoms with Gasteiger partial charge in [0.15, 0.2) is 6.10 Å². The Morgan fingerprint density at radius 2 is 1.96 bits per heavy atom. The van der Waals surface area contributed by atoms with Crippen molar-refractivity contribution in [3.05, 3.63) is 63.2 Å². The van der Waals surface area contributed by atoms with E-state index >= 15 is 0 Å². The van der Waals surface area contributed by atoms with Crippen LogP contribution in [0.3, 0.4) is 0 Å². The van der Waals surface area contributed by atoms with E-state index in [1.165, 1.54) is 49.4 Å². The van der Waals surface area contributed by atoms with Crippen molar-refractivity contribution in [2.24, 2.45) is 0 Å². The van der Waals surface area contributed by atoms with Crippen molar-refractivity contribution in [1.29, 1.82) is 5.26 Å². The Morgan fingerprint density at radius 1 is 1.29 bits per heavy atom. The second-order valence-electron chi connectivity index (χ2n) is 4.67. The Morgan fingerprint density at radius 3 is 2.54 bits per heavy atom. The predicted molar refractivity (Wildman–Crippen MR) is 85.1 cm³/mol. The summed E-state index contributed by atoms with van der Waals surface area (Å²) < 4.78 is 10.3. The third kappa shape index (κ3) is 4.21. The SMILES string of the molecule is C[C@@H](C#N)OC(=O)c1ccc(Oc2ccc(Cl)cc2[N+](=O)[O-])cc1. The maximum Gasteiger partial charge on any atom is 0.339 e. The molecule has 0 spiro atoms. The molecule has 8 heteroatoms. The Kier molecular flexibility index (Phi) is 5.35. The first-order valence-corrected chi connectivity index (χ1v) is 7.11. The van der Waals surface area contributed by atoms with Crippen LogP contribution in [0.25, 0.3) is 0 Å². The molecule has 2 aromatic rings. The van der Waals surface area contributed by atoms with E-state index in [0.29, 0.717) is 5.75 Å². The molecule has 0 radical (unpaired) electrons. The molecular weight excluding hydrogens is 336 g/mol. The zero-order valence-corrected chi connectivity index (χ0v) is 13.2. The molecule has 2 aromatic carbocycles. The van der Waals surface area contributed by atoms with Crippen molar-refractivity contribution in [2.75, 3.05) is 0 Å². The van der Waals surface area contributed by atoms with Gasteiger partial charge >= 0.3 is 11.7 Å². The van der Waals surface area contributed by atoms with Gasteiger partial charge in [-0.1, -0.05) is 11.6 Å². The van der Waals surface area contributed by atoms with Crippen LogP contribution in [0.4, 0.5) is 5.69 Å². The fraction of sp³-hybridized carbons (Fsp3) is 0.125. The number of hydrogen-bond acceptors (Lipinski definition) is 6. The molecule has 0 bridgehead atoms. The van der Waals surface area contributed by atoms with Gasteiger partial charge in [0.05, 0.1) is 10.5 Å². The van der Waals surface area contributed by atoms with E-state index in [-0.39, 0.29) is 22.0 Å². The summed E-state index contributed by atoms with van der Waals surface area (Å²) in [6.45, 7) is 1.45. The van der Waals surface area contributed by atoms with Crippen molar-refractivity contribution in [3.8, 4) is 17.6 Å². The Hall–Kier alpha value is -3.11. The molecule has 0 saturated carbocycles. The van der Waals surface area contributed by atoms with E-state index in [1.54, 1.807) is 6.07 Å². The van der Waals surface area contributed by atoms with E-state index < -0.39 is 17.0 Å². The zero-order chi connectivity index (χ0) is 17.7. The first-order chi connectivity index (χ1) is 11.4. The highest BCUT2D eigenvalue weighted by Gasteiger charge is 2.17. The second-order valence-corrected chi connectivity index (χ2v) is 5.11. The molecule has 0 amide bonds. The third-order valence-electron chi connectivity index (χ3n) is 2.90. The van der Waals surface area contributed by atoms with Gasteiger partial charge in [0.25, 0.3) is 0 Å². The number of nitrogens with zero attached hydrogens (tertiary/aromatic N) is 2. The predicted octanol–water partition coefficient (Wildman–Crippen LogP) is 4.11. The minimum absolute atomic E-state index is 0.0258. The summed E-state index contributed by atoms with van der Waals surface area (Å²) in [5.74, 6) is -0.323. The maximum absolute atomic E-state index is 11.7. The summed E-state index contributed by atoms with van der Waals surface area (Å²) in [6, 6.07) is 11.6. The lowest BCUT2D eigenvalue weighted by Crippen LogP contribution is -2.12. The van der Waals surface area contributed by atoms with Gasteiger partial charge in [0.2, 0.25) is 5.75 Å². The monoisotopic (exact) mass is 346 g/mol. The van der Waals surface area contributed by atoms with Gasteiger partial charge in [-0.05, 0) is 43.3 Å². The smallest absolute Gasteiger partial charge is 0.339 e. The molecule has 0 N–H and O–H groups in total. The molecule has 0 aliphatic carbocycles. The van der Waals surface area contributed by atoms with Gasteiger partial charge < -0.3 is 9.47 Å². The Bertz CT molecular complexity index is 814. The van der Waals surface area contributed by atoms with Crippen LogP contribution in [0.1, 0.15) is 17.3 Å². The first-order valence-electron chi connectivity index (χ1n) is 6.73. The Labute approximate surface area is 142 Å². The number of nitro groups is 1. The summed E-state index contributed by atoms with van der Waals surface area (Å²) in [4.78, 5) is 22.2. The van der Waals surface area contributed by atoms with Crippen LogP contribution < -0.4 is 4.74 Å². The molecule has 0 fully saturated rings. The standard InChI is InChI=1S/C16H11ClN2O5/c1-10(9-18)23-16(20)11-2-5-13(6-3-11)24-15-7-4-12(17)8-14(15)19(21)22/h2-8,10H,1H3/t10-/m0/s1. The van der Waals surface area contributed by atoms with Crippen LogP contribution in [0.5, 0.6) is 11.5 Å². The molecular formula is C16H11ClN2O5. The Balaban J connectivity index is 2.17. The summed E-state index contributed by atoms with van der Waals surface area (Å²) >= 11 is 5.74. The topological polar surface area (TPSA) is 102 Å². The molecule has 0 unspecified atom stereocenters. The van der Waals surface area contributed by atoms with Gasteiger partial charge in [-0.2, -0.15) is 5.26 Å². The van der Waals surface area contributed by atoms with Crippen molar-refractivity contribution in [1.82, 2.24) is 0 Å². The van der Waals surface area contributed by atoms with Crippen LogP contribution in [0.2, 0.25) is 5.02 Å². The van der Waals surface area contributed by atoms with Crippen molar-refractivity contribution < 1.29 is 19.2 Å². The number of nitro benzene ring substituents is 1. The number of carbonyl (C=O) groups is 1. The van der Waals surface area contributed by atoms with E-state index in [2.05, 4.69) is 0 Å². The molecule has 0 aliphatic rings. The fourth-order valence-electron chi connectivity index (χ4n) is 1.76. The number of benzene rings is 2. The highest BCUT2D eigenvalue weighted by atomic mass is 35.5. The largest absolute Gasteiger partial charge is 0.450 e. The maximum atomic E-state index is 11.7. The van der Waals surface area contributed by atoms with E-state index in [1.807, 2.05) is 0 Å².